The van der Waals surface area contributed by atoms with E-state index in [2.05, 4.69) is 5.32 Å². The second kappa shape index (κ2) is 3.47. The Morgan fingerprint density at radius 3 is 3.00 bits per heavy atom. The molecule has 11 heavy (non-hydrogen) atoms. The summed E-state index contributed by atoms with van der Waals surface area (Å²) in [4.78, 5) is 0. The summed E-state index contributed by atoms with van der Waals surface area (Å²) in [5.41, 5.74) is 0.756. The van der Waals surface area contributed by atoms with E-state index >= 15 is 0 Å². The lowest BCUT2D eigenvalue weighted by atomic mass is 10.3. The number of phenols is 1. The van der Waals surface area contributed by atoms with Gasteiger partial charge < -0.3 is 10.4 Å². The van der Waals surface area contributed by atoms with Gasteiger partial charge in [0, 0.05) is 11.8 Å². The molecule has 1 aromatic carbocycles. The van der Waals surface area contributed by atoms with E-state index in [1.54, 1.807) is 24.3 Å². The Morgan fingerprint density at radius 2 is 2.36 bits per heavy atom. The lowest BCUT2D eigenvalue weighted by Crippen LogP contribution is -1.97. The van der Waals surface area contributed by atoms with Crippen molar-refractivity contribution in [3.05, 3.63) is 24.3 Å². The summed E-state index contributed by atoms with van der Waals surface area (Å²) in [6.07, 6.45) is 0. The van der Waals surface area contributed by atoms with Crippen LogP contribution in [0.1, 0.15) is 0 Å². The van der Waals surface area contributed by atoms with Gasteiger partial charge in [-0.25, -0.2) is 0 Å². The second-order valence-electron chi connectivity index (χ2n) is 2.06. The minimum atomic E-state index is 0.202. The highest BCUT2D eigenvalue weighted by atomic mass is 16.3. The van der Waals surface area contributed by atoms with Crippen molar-refractivity contribution in [2.75, 3.05) is 11.9 Å². The molecule has 1 rings (SSSR count). The minimum absolute atomic E-state index is 0.202. The van der Waals surface area contributed by atoms with E-state index in [9.17, 15) is 0 Å². The molecule has 0 radical (unpaired) electrons. The molecule has 0 atom stereocenters. The number of nitrogens with one attached hydrogen (secondary N) is 1. The third-order valence-electron chi connectivity index (χ3n) is 1.22. The molecule has 0 aromatic heterocycles. The van der Waals surface area contributed by atoms with Crippen molar-refractivity contribution in [1.29, 1.82) is 5.26 Å². The van der Waals surface area contributed by atoms with Gasteiger partial charge in [0.05, 0.1) is 6.07 Å². The molecular formula is C8H8N2O. The van der Waals surface area contributed by atoms with Crippen LogP contribution in [0, 0.1) is 11.3 Å². The molecule has 0 bridgehead atoms. The number of nitrogens with zero attached hydrogens (tertiary/aromatic N) is 1. The zero-order chi connectivity index (χ0) is 8.10. The SMILES string of the molecule is N#CCNc1cccc(O)c1. The van der Waals surface area contributed by atoms with Gasteiger partial charge in [0.1, 0.15) is 12.3 Å². The van der Waals surface area contributed by atoms with Crippen molar-refractivity contribution >= 4 is 5.69 Å². The molecule has 0 aliphatic rings. The molecule has 0 amide bonds. The maximum atomic E-state index is 8.99. The first-order valence-corrected chi connectivity index (χ1v) is 3.23. The Morgan fingerprint density at radius 1 is 1.55 bits per heavy atom. The maximum absolute atomic E-state index is 8.99. The molecule has 56 valence electrons. The number of benzene rings is 1. The fourth-order valence-electron chi connectivity index (χ4n) is 0.757. The van der Waals surface area contributed by atoms with Gasteiger partial charge in [0.2, 0.25) is 0 Å². The molecule has 0 aliphatic heterocycles. The van der Waals surface area contributed by atoms with Crippen molar-refractivity contribution in [1.82, 2.24) is 0 Å². The Balaban J connectivity index is 2.65. The van der Waals surface area contributed by atoms with Crippen LogP contribution in [0.4, 0.5) is 5.69 Å². The molecule has 0 aliphatic carbocycles. The Bertz CT molecular complexity index is 278. The van der Waals surface area contributed by atoms with Crippen molar-refractivity contribution in [3.63, 3.8) is 0 Å². The predicted octanol–water partition coefficient (Wildman–Crippen LogP) is 1.33. The number of anilines is 1. The molecule has 3 heteroatoms. The summed E-state index contributed by atoms with van der Waals surface area (Å²) in [6, 6.07) is 8.60. The molecule has 0 heterocycles. The molecule has 0 spiro atoms. The summed E-state index contributed by atoms with van der Waals surface area (Å²) < 4.78 is 0. The average molecular weight is 148 g/mol. The standard InChI is InChI=1S/C8H8N2O/c9-4-5-10-7-2-1-3-8(11)6-7/h1-3,6,10-11H,5H2. The van der Waals surface area contributed by atoms with Gasteiger partial charge in [0.15, 0.2) is 0 Å². The number of nitriles is 1. The number of rotatable bonds is 2. The topological polar surface area (TPSA) is 56.0 Å². The van der Waals surface area contributed by atoms with Crippen LogP contribution in [0.5, 0.6) is 5.75 Å². The molecule has 3 nitrogen and oxygen atoms in total. The van der Waals surface area contributed by atoms with Gasteiger partial charge in [-0.15, -0.1) is 0 Å². The first-order valence-electron chi connectivity index (χ1n) is 3.23. The van der Waals surface area contributed by atoms with Gasteiger partial charge in [-0.05, 0) is 12.1 Å². The quantitative estimate of drug-likeness (QED) is 0.622. The third kappa shape index (κ3) is 2.18. The van der Waals surface area contributed by atoms with E-state index < -0.39 is 0 Å². The molecule has 0 fully saturated rings. The van der Waals surface area contributed by atoms with Crippen molar-refractivity contribution in [3.8, 4) is 11.8 Å². The van der Waals surface area contributed by atoms with Crippen LogP contribution >= 0.6 is 0 Å². The van der Waals surface area contributed by atoms with Gasteiger partial charge in [-0.3, -0.25) is 0 Å². The molecular weight excluding hydrogens is 140 g/mol. The molecule has 0 saturated heterocycles. The van der Waals surface area contributed by atoms with Gasteiger partial charge in [0.25, 0.3) is 0 Å². The Kier molecular flexibility index (Phi) is 2.34. The summed E-state index contributed by atoms with van der Waals surface area (Å²) in [7, 11) is 0. The highest BCUT2D eigenvalue weighted by Crippen LogP contribution is 2.14. The van der Waals surface area contributed by atoms with Gasteiger partial charge in [-0.2, -0.15) is 5.26 Å². The first-order chi connectivity index (χ1) is 5.33. The number of hydrogen-bond acceptors (Lipinski definition) is 3. The lowest BCUT2D eigenvalue weighted by Gasteiger charge is -2.00. The van der Waals surface area contributed by atoms with E-state index in [-0.39, 0.29) is 12.3 Å². The largest absolute Gasteiger partial charge is 0.508 e. The van der Waals surface area contributed by atoms with Crippen molar-refractivity contribution in [2.45, 2.75) is 0 Å². The number of aromatic hydroxyl groups is 1. The second-order valence-corrected chi connectivity index (χ2v) is 2.06. The smallest absolute Gasteiger partial charge is 0.117 e. The van der Waals surface area contributed by atoms with E-state index in [0.717, 1.165) is 5.69 Å². The van der Waals surface area contributed by atoms with Gasteiger partial charge >= 0.3 is 0 Å². The van der Waals surface area contributed by atoms with E-state index in [4.69, 9.17) is 10.4 Å². The monoisotopic (exact) mass is 148 g/mol. The summed E-state index contributed by atoms with van der Waals surface area (Å²) in [5, 5.41) is 20.0. The highest BCUT2D eigenvalue weighted by molar-refractivity contribution is 5.48. The maximum Gasteiger partial charge on any atom is 0.117 e. The van der Waals surface area contributed by atoms with Crippen LogP contribution < -0.4 is 5.32 Å². The third-order valence-corrected chi connectivity index (χ3v) is 1.22. The van der Waals surface area contributed by atoms with Crippen LogP contribution in [-0.2, 0) is 0 Å². The van der Waals surface area contributed by atoms with Crippen LogP contribution in [0.15, 0.2) is 24.3 Å². The van der Waals surface area contributed by atoms with Crippen LogP contribution in [0.3, 0.4) is 0 Å². The van der Waals surface area contributed by atoms with E-state index in [1.807, 2.05) is 6.07 Å². The fourth-order valence-corrected chi connectivity index (χ4v) is 0.757. The zero-order valence-corrected chi connectivity index (χ0v) is 5.91. The summed E-state index contributed by atoms with van der Waals surface area (Å²) in [6.45, 7) is 0.253. The Labute approximate surface area is 64.9 Å². The number of hydrogen-bond donors (Lipinski definition) is 2. The molecule has 0 unspecified atom stereocenters. The first kappa shape index (κ1) is 7.42. The highest BCUT2D eigenvalue weighted by Gasteiger charge is 1.90. The summed E-state index contributed by atoms with van der Waals surface area (Å²) in [5.74, 6) is 0.202. The predicted molar refractivity (Wildman–Crippen MR) is 42.2 cm³/mol. The average Bonchev–Trinajstić information content (AvgIpc) is 2.01. The normalized spacial score (nSPS) is 8.64. The van der Waals surface area contributed by atoms with Crippen molar-refractivity contribution in [2.24, 2.45) is 0 Å². The molecule has 2 N–H and O–H groups in total. The zero-order valence-electron chi connectivity index (χ0n) is 5.91. The van der Waals surface area contributed by atoms with Gasteiger partial charge in [-0.1, -0.05) is 6.07 Å². The van der Waals surface area contributed by atoms with E-state index in [1.165, 1.54) is 0 Å². The fraction of sp³-hybridized carbons (Fsp3) is 0.125. The molecule has 0 saturated carbocycles. The van der Waals surface area contributed by atoms with Crippen LogP contribution in [0.2, 0.25) is 0 Å². The summed E-state index contributed by atoms with van der Waals surface area (Å²) >= 11 is 0. The van der Waals surface area contributed by atoms with E-state index in [0.29, 0.717) is 0 Å². The number of phenolic OH excluding ortho intramolecular Hbond substituents is 1. The van der Waals surface area contributed by atoms with Crippen LogP contribution in [-0.4, -0.2) is 11.7 Å². The van der Waals surface area contributed by atoms with Crippen LogP contribution in [0.25, 0.3) is 0 Å². The molecule has 1 aromatic rings. The Hall–Kier alpha value is -1.69. The minimum Gasteiger partial charge on any atom is -0.508 e. The lowest BCUT2D eigenvalue weighted by molar-refractivity contribution is 0.475. The van der Waals surface area contributed by atoms with Crippen molar-refractivity contribution < 1.29 is 5.11 Å².